The average Bonchev–Trinajstić information content (AvgIpc) is 2.59. The Bertz CT molecular complexity index is 235. The second-order valence-electron chi connectivity index (χ2n) is 6.91. The number of rotatable bonds is 18. The highest BCUT2D eigenvalue weighted by Crippen LogP contribution is 2.28. The van der Waals surface area contributed by atoms with E-state index in [2.05, 4.69) is 34.6 Å². The fourth-order valence-electron chi connectivity index (χ4n) is 2.71. The Morgan fingerprint density at radius 3 is 1.38 bits per heavy atom. The fourth-order valence-corrected chi connectivity index (χ4v) is 5.88. The summed E-state index contributed by atoms with van der Waals surface area (Å²) in [6.07, 6.45) is 11.8. The third-order valence-corrected chi connectivity index (χ3v) is 7.55. The minimum Gasteiger partial charge on any atom is -0.373 e. The van der Waals surface area contributed by atoms with Crippen LogP contribution in [-0.4, -0.2) is 28.6 Å². The van der Waals surface area contributed by atoms with Crippen molar-refractivity contribution in [2.45, 2.75) is 105 Å². The summed E-state index contributed by atoms with van der Waals surface area (Å²) < 4.78 is 19.1. The molecule has 0 amide bonds. The van der Waals surface area contributed by atoms with Gasteiger partial charge in [-0.15, -0.1) is 0 Å². The summed E-state index contributed by atoms with van der Waals surface area (Å²) in [5, 5.41) is 0. The molecule has 24 heavy (non-hydrogen) atoms. The van der Waals surface area contributed by atoms with Gasteiger partial charge in [-0.25, -0.2) is 0 Å². The molecule has 4 heteroatoms. The van der Waals surface area contributed by atoms with Crippen molar-refractivity contribution < 1.29 is 13.3 Å². The maximum Gasteiger partial charge on any atom is 0.501 e. The van der Waals surface area contributed by atoms with Crippen molar-refractivity contribution in [2.24, 2.45) is 5.92 Å². The molecule has 0 radical (unpaired) electrons. The Morgan fingerprint density at radius 1 is 0.625 bits per heavy atom. The minimum atomic E-state index is -2.54. The fraction of sp³-hybridized carbons (Fsp3) is 1.00. The van der Waals surface area contributed by atoms with Gasteiger partial charge in [0, 0.05) is 25.9 Å². The van der Waals surface area contributed by atoms with Gasteiger partial charge in [0.25, 0.3) is 0 Å². The first-order valence-electron chi connectivity index (χ1n) is 10.6. The smallest absolute Gasteiger partial charge is 0.373 e. The highest BCUT2D eigenvalue weighted by Gasteiger charge is 2.42. The molecule has 0 aromatic carbocycles. The van der Waals surface area contributed by atoms with Crippen molar-refractivity contribution in [3.63, 3.8) is 0 Å². The van der Waals surface area contributed by atoms with Crippen molar-refractivity contribution >= 4 is 8.80 Å². The molecule has 146 valence electrons. The summed E-state index contributed by atoms with van der Waals surface area (Å²) in [4.78, 5) is 0. The van der Waals surface area contributed by atoms with Crippen LogP contribution < -0.4 is 0 Å². The molecule has 0 aliphatic rings. The van der Waals surface area contributed by atoms with E-state index in [0.717, 1.165) is 64.4 Å². The van der Waals surface area contributed by atoms with Gasteiger partial charge in [0.2, 0.25) is 0 Å². The van der Waals surface area contributed by atoms with Gasteiger partial charge in [-0.05, 0) is 25.2 Å². The first-order valence-corrected chi connectivity index (χ1v) is 12.5. The molecule has 3 nitrogen and oxygen atoms in total. The predicted molar refractivity (Wildman–Crippen MR) is 106 cm³/mol. The second-order valence-corrected chi connectivity index (χ2v) is 9.55. The number of hydrogen-bond donors (Lipinski definition) is 0. The standard InChI is InChI=1S/C20H44O3Si/c1-6-11-15-20(10-5)19-24(21-16-12-7-2,22-17-13-8-3)23-18-14-9-4/h20H,6-19H2,1-5H3. The van der Waals surface area contributed by atoms with Gasteiger partial charge < -0.3 is 13.3 Å². The molecule has 0 saturated heterocycles. The van der Waals surface area contributed by atoms with Crippen molar-refractivity contribution in [3.8, 4) is 0 Å². The maximum atomic E-state index is 6.37. The van der Waals surface area contributed by atoms with Gasteiger partial charge in [-0.3, -0.25) is 0 Å². The van der Waals surface area contributed by atoms with E-state index in [1.54, 1.807) is 0 Å². The lowest BCUT2D eigenvalue weighted by Crippen LogP contribution is -2.48. The Morgan fingerprint density at radius 2 is 1.04 bits per heavy atom. The van der Waals surface area contributed by atoms with Crippen LogP contribution in [0.15, 0.2) is 0 Å². The van der Waals surface area contributed by atoms with Crippen LogP contribution >= 0.6 is 0 Å². The van der Waals surface area contributed by atoms with Crippen LogP contribution in [0.1, 0.15) is 98.8 Å². The molecular formula is C20H44O3Si. The molecule has 0 fully saturated rings. The van der Waals surface area contributed by atoms with Crippen LogP contribution in [0.5, 0.6) is 0 Å². The third kappa shape index (κ3) is 11.6. The van der Waals surface area contributed by atoms with E-state index in [-0.39, 0.29) is 0 Å². The first-order chi connectivity index (χ1) is 11.7. The second kappa shape index (κ2) is 16.6. The summed E-state index contributed by atoms with van der Waals surface area (Å²) in [5.41, 5.74) is 0. The molecule has 0 saturated carbocycles. The zero-order valence-electron chi connectivity index (χ0n) is 17.2. The zero-order valence-corrected chi connectivity index (χ0v) is 18.2. The molecule has 0 aromatic rings. The minimum absolute atomic E-state index is 0.668. The van der Waals surface area contributed by atoms with E-state index in [4.69, 9.17) is 13.3 Å². The summed E-state index contributed by atoms with van der Waals surface area (Å²) in [6.45, 7) is 13.5. The summed E-state index contributed by atoms with van der Waals surface area (Å²) >= 11 is 0. The van der Waals surface area contributed by atoms with Gasteiger partial charge in [-0.2, -0.15) is 0 Å². The van der Waals surface area contributed by atoms with E-state index < -0.39 is 8.80 Å². The molecule has 0 bridgehead atoms. The van der Waals surface area contributed by atoms with Gasteiger partial charge in [0.15, 0.2) is 0 Å². The van der Waals surface area contributed by atoms with Crippen LogP contribution in [0.4, 0.5) is 0 Å². The van der Waals surface area contributed by atoms with Gasteiger partial charge in [0.1, 0.15) is 0 Å². The Labute approximate surface area is 153 Å². The largest absolute Gasteiger partial charge is 0.501 e. The maximum absolute atomic E-state index is 6.37. The van der Waals surface area contributed by atoms with Gasteiger partial charge >= 0.3 is 8.80 Å². The molecule has 0 aliphatic carbocycles. The molecule has 0 heterocycles. The van der Waals surface area contributed by atoms with Crippen molar-refractivity contribution in [1.29, 1.82) is 0 Å². The van der Waals surface area contributed by atoms with Crippen LogP contribution in [0.3, 0.4) is 0 Å². The lowest BCUT2D eigenvalue weighted by Gasteiger charge is -2.32. The Balaban J connectivity index is 4.93. The van der Waals surface area contributed by atoms with Crippen LogP contribution in [0.2, 0.25) is 6.04 Å². The molecule has 0 aliphatic heterocycles. The van der Waals surface area contributed by atoms with Crippen molar-refractivity contribution in [2.75, 3.05) is 19.8 Å². The normalized spacial score (nSPS) is 13.4. The lowest BCUT2D eigenvalue weighted by molar-refractivity contribution is 0.0517. The SMILES string of the molecule is CCCCO[Si](CC(CC)CCCC)(OCCCC)OCCCC. The van der Waals surface area contributed by atoms with E-state index in [1.165, 1.54) is 25.7 Å². The highest BCUT2D eigenvalue weighted by atomic mass is 28.4. The molecule has 0 aromatic heterocycles. The molecule has 0 spiro atoms. The van der Waals surface area contributed by atoms with Crippen molar-refractivity contribution in [1.82, 2.24) is 0 Å². The number of hydrogen-bond acceptors (Lipinski definition) is 3. The Hall–Kier alpha value is 0.0969. The molecule has 0 rings (SSSR count). The van der Waals surface area contributed by atoms with E-state index in [0.29, 0.717) is 5.92 Å². The summed E-state index contributed by atoms with van der Waals surface area (Å²) in [7, 11) is -2.54. The van der Waals surface area contributed by atoms with Crippen LogP contribution in [-0.2, 0) is 13.3 Å². The van der Waals surface area contributed by atoms with E-state index in [9.17, 15) is 0 Å². The number of unbranched alkanes of at least 4 members (excludes halogenated alkanes) is 4. The van der Waals surface area contributed by atoms with E-state index >= 15 is 0 Å². The topological polar surface area (TPSA) is 27.7 Å². The molecule has 1 atom stereocenters. The molecular weight excluding hydrogens is 316 g/mol. The third-order valence-electron chi connectivity index (χ3n) is 4.54. The highest BCUT2D eigenvalue weighted by molar-refractivity contribution is 6.60. The monoisotopic (exact) mass is 360 g/mol. The van der Waals surface area contributed by atoms with Crippen LogP contribution in [0, 0.1) is 5.92 Å². The predicted octanol–water partition coefficient (Wildman–Crippen LogP) is 6.59. The van der Waals surface area contributed by atoms with Crippen LogP contribution in [0.25, 0.3) is 0 Å². The van der Waals surface area contributed by atoms with Crippen molar-refractivity contribution in [3.05, 3.63) is 0 Å². The quantitative estimate of drug-likeness (QED) is 0.204. The summed E-state index contributed by atoms with van der Waals surface area (Å²) in [5.74, 6) is 0.668. The molecule has 0 N–H and O–H groups in total. The van der Waals surface area contributed by atoms with E-state index in [1.807, 2.05) is 0 Å². The summed E-state index contributed by atoms with van der Waals surface area (Å²) in [6, 6.07) is 1.00. The average molecular weight is 361 g/mol. The Kier molecular flexibility index (Phi) is 16.6. The first kappa shape index (κ1) is 24.1. The zero-order chi connectivity index (χ0) is 18.1. The van der Waals surface area contributed by atoms with Gasteiger partial charge in [0.05, 0.1) is 0 Å². The molecule has 1 unspecified atom stereocenters. The van der Waals surface area contributed by atoms with Gasteiger partial charge in [-0.1, -0.05) is 79.6 Å². The lowest BCUT2D eigenvalue weighted by atomic mass is 10.0.